The van der Waals surface area contributed by atoms with Crippen molar-refractivity contribution in [2.45, 2.75) is 30.5 Å². The Bertz CT molecular complexity index is 647. The van der Waals surface area contributed by atoms with Crippen LogP contribution in [0.25, 0.3) is 0 Å². The lowest BCUT2D eigenvalue weighted by atomic mass is 9.95. The molecule has 2 rings (SSSR count). The van der Waals surface area contributed by atoms with Crippen molar-refractivity contribution in [3.8, 4) is 0 Å². The first-order valence-corrected chi connectivity index (χ1v) is 8.63. The first-order valence-electron chi connectivity index (χ1n) is 6.74. The molecular weight excluding hydrogens is 352 g/mol. The second-order valence-corrected chi connectivity index (χ2v) is 6.87. The molecule has 0 bridgehead atoms. The van der Waals surface area contributed by atoms with Gasteiger partial charge in [-0.15, -0.1) is 16.1 Å². The number of aromatic nitrogens is 2. The SMILES string of the molecule is CO[P+](=O)CCC1(CCl)OC(n2ccc(N)nc2=O)C(F)C1O. The fourth-order valence-electron chi connectivity index (χ4n) is 2.41. The van der Waals surface area contributed by atoms with Gasteiger partial charge >= 0.3 is 13.7 Å². The van der Waals surface area contributed by atoms with Gasteiger partial charge in [0.05, 0.1) is 13.0 Å². The number of nitrogen functional groups attached to an aromatic ring is 1. The molecule has 0 aliphatic carbocycles. The highest BCUT2D eigenvalue weighted by molar-refractivity contribution is 7.39. The lowest BCUT2D eigenvalue weighted by molar-refractivity contribution is -0.0917. The summed E-state index contributed by atoms with van der Waals surface area (Å²) in [5.41, 5.74) is 3.10. The van der Waals surface area contributed by atoms with Crippen LogP contribution >= 0.6 is 19.6 Å². The van der Waals surface area contributed by atoms with Gasteiger partial charge in [0.2, 0.25) is 0 Å². The van der Waals surface area contributed by atoms with Crippen LogP contribution in [0.3, 0.4) is 0 Å². The van der Waals surface area contributed by atoms with E-state index in [9.17, 15) is 18.9 Å². The van der Waals surface area contributed by atoms with Crippen LogP contribution < -0.4 is 11.4 Å². The number of halogens is 2. The van der Waals surface area contributed by atoms with Crippen LogP contribution in [0.15, 0.2) is 17.1 Å². The average molecular weight is 369 g/mol. The van der Waals surface area contributed by atoms with Gasteiger partial charge in [-0.25, -0.2) is 9.18 Å². The number of alkyl halides is 2. The molecule has 1 aliphatic heterocycles. The number of hydrogen-bond acceptors (Lipinski definition) is 7. The van der Waals surface area contributed by atoms with Crippen molar-refractivity contribution in [3.63, 3.8) is 0 Å². The number of ether oxygens (including phenoxy) is 1. The lowest BCUT2D eigenvalue weighted by Crippen LogP contribution is -2.44. The number of nitrogens with two attached hydrogens (primary N) is 1. The lowest BCUT2D eigenvalue weighted by Gasteiger charge is -2.27. The van der Waals surface area contributed by atoms with Gasteiger partial charge in [0.15, 0.2) is 18.6 Å². The number of nitrogens with zero attached hydrogens (tertiary/aromatic N) is 2. The number of aliphatic hydroxyl groups excluding tert-OH is 1. The molecule has 0 spiro atoms. The van der Waals surface area contributed by atoms with Gasteiger partial charge < -0.3 is 15.6 Å². The minimum absolute atomic E-state index is 0.00871. The van der Waals surface area contributed by atoms with Crippen LogP contribution in [0, 0.1) is 0 Å². The standard InChI is InChI=1S/C12H16ClFN3O5P/c1-21-23(20)5-3-12(6-13)9(18)8(14)10(22-12)17-4-2-7(15)16-11(17)19/h2,4,8-10,18H,3,5-6H2,1H3,(H-,15,16,19)/p+1. The molecule has 0 saturated carbocycles. The van der Waals surface area contributed by atoms with Crippen molar-refractivity contribution in [3.05, 3.63) is 22.7 Å². The van der Waals surface area contributed by atoms with Crippen LogP contribution in [-0.2, 0) is 13.8 Å². The highest BCUT2D eigenvalue weighted by atomic mass is 35.5. The molecule has 3 N–H and O–H groups in total. The van der Waals surface area contributed by atoms with Crippen LogP contribution in [0.4, 0.5) is 10.2 Å². The normalized spacial score (nSPS) is 31.3. The maximum atomic E-state index is 14.5. The fourth-order valence-corrected chi connectivity index (χ4v) is 3.51. The molecular formula is C12H17ClFN3O5P+. The van der Waals surface area contributed by atoms with Crippen molar-refractivity contribution < 1.29 is 23.3 Å². The van der Waals surface area contributed by atoms with Gasteiger partial charge in [0.1, 0.15) is 17.5 Å². The van der Waals surface area contributed by atoms with E-state index in [4.69, 9.17) is 22.1 Å². The third-order valence-corrected chi connectivity index (χ3v) is 5.19. The minimum Gasteiger partial charge on any atom is -0.387 e. The Morgan fingerprint density at radius 1 is 1.70 bits per heavy atom. The van der Waals surface area contributed by atoms with Crippen molar-refractivity contribution >= 4 is 25.4 Å². The second-order valence-electron chi connectivity index (χ2n) is 5.13. The van der Waals surface area contributed by atoms with E-state index >= 15 is 0 Å². The van der Waals surface area contributed by atoms with Crippen molar-refractivity contribution in [2.24, 2.45) is 0 Å². The summed E-state index contributed by atoms with van der Waals surface area (Å²) in [5.74, 6) is -0.254. The fraction of sp³-hybridized carbons (Fsp3) is 0.667. The Balaban J connectivity index is 2.28. The summed E-state index contributed by atoms with van der Waals surface area (Å²) in [4.78, 5) is 15.3. The van der Waals surface area contributed by atoms with Gasteiger partial charge in [-0.05, 0) is 10.6 Å². The van der Waals surface area contributed by atoms with E-state index in [2.05, 4.69) is 9.51 Å². The number of aliphatic hydroxyl groups is 1. The molecule has 5 atom stereocenters. The zero-order chi connectivity index (χ0) is 17.2. The zero-order valence-electron chi connectivity index (χ0n) is 12.3. The molecule has 1 aliphatic rings. The monoisotopic (exact) mass is 368 g/mol. The topological polar surface area (TPSA) is 117 Å². The molecule has 0 aromatic carbocycles. The molecule has 1 aromatic rings. The maximum absolute atomic E-state index is 14.5. The van der Waals surface area contributed by atoms with Crippen molar-refractivity contribution in [2.75, 3.05) is 24.9 Å². The van der Waals surface area contributed by atoms with E-state index in [1.807, 2.05) is 0 Å². The second kappa shape index (κ2) is 7.19. The predicted octanol–water partition coefficient (Wildman–Crippen LogP) is 0.810. The Morgan fingerprint density at radius 3 is 2.96 bits per heavy atom. The van der Waals surface area contributed by atoms with Gasteiger partial charge in [-0.2, -0.15) is 4.98 Å². The summed E-state index contributed by atoms with van der Waals surface area (Å²) >= 11 is 5.86. The molecule has 2 heterocycles. The smallest absolute Gasteiger partial charge is 0.387 e. The predicted molar refractivity (Wildman–Crippen MR) is 81.5 cm³/mol. The highest BCUT2D eigenvalue weighted by Crippen LogP contribution is 2.43. The Kier molecular flexibility index (Phi) is 5.70. The number of hydrogen-bond donors (Lipinski definition) is 2. The zero-order valence-corrected chi connectivity index (χ0v) is 13.9. The molecule has 23 heavy (non-hydrogen) atoms. The van der Waals surface area contributed by atoms with E-state index < -0.39 is 37.8 Å². The van der Waals surface area contributed by atoms with Crippen LogP contribution in [0.1, 0.15) is 12.6 Å². The summed E-state index contributed by atoms with van der Waals surface area (Å²) in [5, 5.41) is 10.2. The molecule has 0 radical (unpaired) electrons. The number of rotatable bonds is 6. The molecule has 1 aromatic heterocycles. The van der Waals surface area contributed by atoms with Gasteiger partial charge in [-0.1, -0.05) is 0 Å². The van der Waals surface area contributed by atoms with E-state index in [1.165, 1.54) is 19.4 Å². The minimum atomic E-state index is -1.96. The highest BCUT2D eigenvalue weighted by Gasteiger charge is 2.56. The average Bonchev–Trinajstić information content (AvgIpc) is 2.78. The molecule has 0 amide bonds. The van der Waals surface area contributed by atoms with E-state index in [1.54, 1.807) is 0 Å². The van der Waals surface area contributed by atoms with Crippen molar-refractivity contribution in [1.82, 2.24) is 9.55 Å². The Morgan fingerprint density at radius 2 is 2.39 bits per heavy atom. The van der Waals surface area contributed by atoms with Crippen molar-refractivity contribution in [1.29, 1.82) is 0 Å². The largest absolute Gasteiger partial charge is 0.507 e. The van der Waals surface area contributed by atoms with Crippen LogP contribution in [0.5, 0.6) is 0 Å². The summed E-state index contributed by atoms with van der Waals surface area (Å²) in [7, 11) is -0.688. The van der Waals surface area contributed by atoms with Gasteiger partial charge in [0.25, 0.3) is 0 Å². The summed E-state index contributed by atoms with van der Waals surface area (Å²) in [6.45, 7) is 0. The molecule has 128 valence electrons. The molecule has 8 nitrogen and oxygen atoms in total. The molecule has 1 fully saturated rings. The molecule has 5 unspecified atom stereocenters. The Hall–Kier alpha value is -1.12. The number of anilines is 1. The Labute approximate surface area is 137 Å². The van der Waals surface area contributed by atoms with Gasteiger partial charge in [-0.3, -0.25) is 4.57 Å². The summed E-state index contributed by atoms with van der Waals surface area (Å²) in [6.07, 6.45) is -3.62. The van der Waals surface area contributed by atoms with Crippen LogP contribution in [-0.4, -0.2) is 51.7 Å². The molecule has 11 heteroatoms. The van der Waals surface area contributed by atoms with E-state index in [0.29, 0.717) is 0 Å². The first-order chi connectivity index (χ1) is 10.8. The first kappa shape index (κ1) is 18.2. The van der Waals surface area contributed by atoms with E-state index in [-0.39, 0.29) is 24.3 Å². The molecule has 1 saturated heterocycles. The maximum Gasteiger partial charge on any atom is 0.507 e. The third-order valence-electron chi connectivity index (χ3n) is 3.74. The van der Waals surface area contributed by atoms with E-state index in [0.717, 1.165) is 4.57 Å². The summed E-state index contributed by atoms with van der Waals surface area (Å²) in [6, 6.07) is 1.31. The van der Waals surface area contributed by atoms with Crippen LogP contribution in [0.2, 0.25) is 0 Å². The third kappa shape index (κ3) is 3.54. The summed E-state index contributed by atoms with van der Waals surface area (Å²) < 4.78 is 37.0. The van der Waals surface area contributed by atoms with Gasteiger partial charge in [0, 0.05) is 12.6 Å². The quantitative estimate of drug-likeness (QED) is 0.563.